The molecule has 1 aliphatic carbocycles. The van der Waals surface area contributed by atoms with Gasteiger partial charge in [-0.1, -0.05) is 17.7 Å². The van der Waals surface area contributed by atoms with Gasteiger partial charge < -0.3 is 0 Å². The molecule has 4 amide bonds. The molecule has 118 valence electrons. The third-order valence-corrected chi connectivity index (χ3v) is 3.77. The number of nitrogens with zero attached hydrogens (tertiary/aromatic N) is 3. The average Bonchev–Trinajstić information content (AvgIpc) is 2.96. The predicted octanol–water partition coefficient (Wildman–Crippen LogP) is 0.308. The van der Waals surface area contributed by atoms with Crippen molar-refractivity contribution in [3.63, 3.8) is 0 Å². The van der Waals surface area contributed by atoms with Crippen molar-refractivity contribution in [2.45, 2.75) is 19.3 Å². The molecule has 1 unspecified atom stereocenters. The van der Waals surface area contributed by atoms with E-state index < -0.39 is 29.5 Å². The van der Waals surface area contributed by atoms with Gasteiger partial charge in [-0.3, -0.25) is 24.4 Å². The first kappa shape index (κ1) is 15.0. The second-order valence-corrected chi connectivity index (χ2v) is 5.42. The van der Waals surface area contributed by atoms with Crippen molar-refractivity contribution in [2.75, 3.05) is 0 Å². The molecule has 3 aliphatic rings. The van der Waals surface area contributed by atoms with E-state index in [1.807, 2.05) is 0 Å². The van der Waals surface area contributed by atoms with Gasteiger partial charge in [0, 0.05) is 25.0 Å². The highest BCUT2D eigenvalue weighted by atomic mass is 16.5. The molecule has 0 aromatic heterocycles. The number of allylic oxidation sites excluding steroid dienone is 4. The summed E-state index contributed by atoms with van der Waals surface area (Å²) in [5, 5.41) is 14.2. The summed E-state index contributed by atoms with van der Waals surface area (Å²) in [4.78, 5) is 46.0. The number of hydrogen-bond donors (Lipinski definition) is 1. The Morgan fingerprint density at radius 1 is 1.13 bits per heavy atom. The van der Waals surface area contributed by atoms with Crippen LogP contribution >= 0.6 is 0 Å². The van der Waals surface area contributed by atoms with Crippen LogP contribution in [0.2, 0.25) is 0 Å². The minimum absolute atomic E-state index is 0.0319. The zero-order valence-electron chi connectivity index (χ0n) is 12.0. The SMILES string of the molecule is O=C1CC(CC2=CC=CC(=NN3C(=O)C=CC3=O)C2)C(=O)N1O. The van der Waals surface area contributed by atoms with E-state index in [1.54, 1.807) is 18.2 Å². The van der Waals surface area contributed by atoms with Gasteiger partial charge in [0.25, 0.3) is 23.6 Å². The predicted molar refractivity (Wildman–Crippen MR) is 76.6 cm³/mol. The number of amides is 4. The van der Waals surface area contributed by atoms with Gasteiger partial charge in [-0.2, -0.15) is 15.2 Å². The summed E-state index contributed by atoms with van der Waals surface area (Å²) in [5.41, 5.74) is 1.34. The Kier molecular flexibility index (Phi) is 3.75. The van der Waals surface area contributed by atoms with Crippen LogP contribution in [0.4, 0.5) is 0 Å². The molecule has 1 N–H and O–H groups in total. The summed E-state index contributed by atoms with van der Waals surface area (Å²) in [6.07, 6.45) is 8.10. The molecule has 8 heteroatoms. The lowest BCUT2D eigenvalue weighted by molar-refractivity contribution is -0.172. The number of hydrazone groups is 1. The highest BCUT2D eigenvalue weighted by Gasteiger charge is 2.38. The Labute approximate surface area is 131 Å². The van der Waals surface area contributed by atoms with Crippen LogP contribution in [0.5, 0.6) is 0 Å². The quantitative estimate of drug-likeness (QED) is 0.595. The van der Waals surface area contributed by atoms with Crippen molar-refractivity contribution in [2.24, 2.45) is 11.0 Å². The molecule has 1 atom stereocenters. The van der Waals surface area contributed by atoms with Gasteiger partial charge >= 0.3 is 0 Å². The third-order valence-electron chi connectivity index (χ3n) is 3.77. The maximum atomic E-state index is 11.7. The first-order valence-electron chi connectivity index (χ1n) is 7.01. The molecule has 2 heterocycles. The Bertz CT molecular complexity index is 713. The third kappa shape index (κ3) is 2.88. The number of hydrogen-bond acceptors (Lipinski definition) is 6. The topological polar surface area (TPSA) is 107 Å². The van der Waals surface area contributed by atoms with Crippen LogP contribution in [0.15, 0.2) is 41.1 Å². The van der Waals surface area contributed by atoms with Gasteiger partial charge in [0.05, 0.1) is 11.6 Å². The van der Waals surface area contributed by atoms with Gasteiger partial charge in [0.2, 0.25) is 0 Å². The number of hydroxylamine groups is 2. The summed E-state index contributed by atoms with van der Waals surface area (Å²) >= 11 is 0. The minimum atomic E-state index is -0.613. The zero-order valence-corrected chi connectivity index (χ0v) is 12.0. The molecule has 0 saturated carbocycles. The van der Waals surface area contributed by atoms with Gasteiger partial charge in [0.15, 0.2) is 0 Å². The van der Waals surface area contributed by atoms with E-state index in [9.17, 15) is 24.4 Å². The molecule has 0 bridgehead atoms. The van der Waals surface area contributed by atoms with Crippen molar-refractivity contribution in [3.05, 3.63) is 36.0 Å². The van der Waals surface area contributed by atoms with E-state index in [2.05, 4.69) is 5.10 Å². The van der Waals surface area contributed by atoms with Crippen molar-refractivity contribution >= 4 is 29.3 Å². The van der Waals surface area contributed by atoms with Crippen LogP contribution < -0.4 is 0 Å². The molecule has 1 fully saturated rings. The monoisotopic (exact) mass is 315 g/mol. The highest BCUT2D eigenvalue weighted by molar-refractivity contribution is 6.14. The molecule has 0 spiro atoms. The van der Waals surface area contributed by atoms with E-state index in [-0.39, 0.29) is 11.5 Å². The van der Waals surface area contributed by atoms with Crippen molar-refractivity contribution < 1.29 is 24.4 Å². The van der Waals surface area contributed by atoms with Crippen molar-refractivity contribution in [3.8, 4) is 0 Å². The number of imide groups is 2. The van der Waals surface area contributed by atoms with E-state index in [4.69, 9.17) is 0 Å². The second kappa shape index (κ2) is 5.73. The smallest absolute Gasteiger partial charge is 0.274 e. The Balaban J connectivity index is 1.68. The molecular weight excluding hydrogens is 302 g/mol. The average molecular weight is 315 g/mol. The van der Waals surface area contributed by atoms with E-state index in [1.165, 1.54) is 0 Å². The summed E-state index contributed by atoms with van der Waals surface area (Å²) in [6.45, 7) is 0. The lowest BCUT2D eigenvalue weighted by Crippen LogP contribution is -2.27. The molecule has 1 saturated heterocycles. The fraction of sp³-hybridized carbons (Fsp3) is 0.267. The number of carbonyl (C=O) groups excluding carboxylic acids is 4. The van der Waals surface area contributed by atoms with Gasteiger partial charge in [0.1, 0.15) is 0 Å². The van der Waals surface area contributed by atoms with Crippen LogP contribution in [0, 0.1) is 5.92 Å². The van der Waals surface area contributed by atoms with Crippen LogP contribution in [0.3, 0.4) is 0 Å². The maximum Gasteiger partial charge on any atom is 0.274 e. The normalized spacial score (nSPS) is 26.0. The second-order valence-electron chi connectivity index (χ2n) is 5.42. The molecular formula is C15H13N3O5. The Hall–Kier alpha value is -2.87. The molecule has 8 nitrogen and oxygen atoms in total. The van der Waals surface area contributed by atoms with Crippen LogP contribution in [-0.2, 0) is 19.2 Å². The Morgan fingerprint density at radius 2 is 1.83 bits per heavy atom. The fourth-order valence-electron chi connectivity index (χ4n) is 2.63. The molecule has 0 radical (unpaired) electrons. The molecule has 3 rings (SSSR count). The van der Waals surface area contributed by atoms with Crippen molar-refractivity contribution in [1.29, 1.82) is 0 Å². The molecule has 23 heavy (non-hydrogen) atoms. The van der Waals surface area contributed by atoms with E-state index in [0.29, 0.717) is 18.6 Å². The first-order valence-corrected chi connectivity index (χ1v) is 7.01. The lowest BCUT2D eigenvalue weighted by atomic mass is 9.92. The van der Waals surface area contributed by atoms with Crippen LogP contribution in [-0.4, -0.2) is 44.6 Å². The van der Waals surface area contributed by atoms with E-state index in [0.717, 1.165) is 22.7 Å². The number of carbonyl (C=O) groups is 4. The highest BCUT2D eigenvalue weighted by Crippen LogP contribution is 2.27. The standard InChI is InChI=1S/C15H13N3O5/c19-12-4-5-13(20)17(12)16-11-3-1-2-9(7-11)6-10-8-14(21)18(23)15(10)22/h1-5,10,23H,6-8H2. The summed E-state index contributed by atoms with van der Waals surface area (Å²) < 4.78 is 0. The minimum Gasteiger partial charge on any atom is -0.279 e. The van der Waals surface area contributed by atoms with Gasteiger partial charge in [-0.25, -0.2) is 0 Å². The number of rotatable bonds is 3. The van der Waals surface area contributed by atoms with Gasteiger partial charge in [-0.05, 0) is 12.5 Å². The Morgan fingerprint density at radius 3 is 2.43 bits per heavy atom. The zero-order chi connectivity index (χ0) is 16.6. The van der Waals surface area contributed by atoms with E-state index >= 15 is 0 Å². The van der Waals surface area contributed by atoms with Crippen LogP contribution in [0.1, 0.15) is 19.3 Å². The molecule has 0 aromatic carbocycles. The molecule has 2 aliphatic heterocycles. The van der Waals surface area contributed by atoms with Gasteiger partial charge in [-0.15, -0.1) is 0 Å². The fourth-order valence-corrected chi connectivity index (χ4v) is 2.63. The summed E-state index contributed by atoms with van der Waals surface area (Å²) in [5.74, 6) is -2.82. The largest absolute Gasteiger partial charge is 0.279 e. The maximum absolute atomic E-state index is 11.7. The lowest BCUT2D eigenvalue weighted by Gasteiger charge is -2.15. The van der Waals surface area contributed by atoms with Crippen molar-refractivity contribution in [1.82, 2.24) is 10.1 Å². The molecule has 0 aromatic rings. The first-order chi connectivity index (χ1) is 11.0. The summed E-state index contributed by atoms with van der Waals surface area (Å²) in [7, 11) is 0. The summed E-state index contributed by atoms with van der Waals surface area (Å²) in [6, 6.07) is 0. The van der Waals surface area contributed by atoms with Crippen LogP contribution in [0.25, 0.3) is 0 Å².